The molecule has 0 aromatic heterocycles. The van der Waals surface area contributed by atoms with Gasteiger partial charge in [0.05, 0.1) is 0 Å². The van der Waals surface area contributed by atoms with Crippen LogP contribution in [0.5, 0.6) is 0 Å². The van der Waals surface area contributed by atoms with Crippen LogP contribution in [0.4, 0.5) is 0 Å². The van der Waals surface area contributed by atoms with Gasteiger partial charge in [-0.25, -0.2) is 0 Å². The van der Waals surface area contributed by atoms with Gasteiger partial charge in [0.2, 0.25) is 0 Å². The molecule has 0 fully saturated rings. The fourth-order valence-corrected chi connectivity index (χ4v) is 4.84. The van der Waals surface area contributed by atoms with Gasteiger partial charge in [0.25, 0.3) is 0 Å². The van der Waals surface area contributed by atoms with Crippen LogP contribution in [-0.2, 0) is 82.5 Å². The standard InChI is InChI=1S/3C13H27.H3O2PS2.3Zn/c3*1-4-5-6-7-8-9-10-11-12-13(2)3;1-3(2,4)5;;;/h3*13H,1,4-12H2,2-3H3;(H3,1,2,4,5);;;/q3*-1;;3*+2/p-3. The Balaban J connectivity index is -0.0000000923. The first-order valence-corrected chi connectivity index (χ1v) is 22.6. The van der Waals surface area contributed by atoms with Crippen molar-refractivity contribution in [2.75, 3.05) is 0 Å². The molecule has 0 radical (unpaired) electrons. The summed E-state index contributed by atoms with van der Waals surface area (Å²) in [6.45, 7) is 25.4. The maximum Gasteiger partial charge on any atom is 2.00 e. The SMILES string of the molecule is [CH2-]CCCCCCCCCC(C)C.[CH2-]CCCCCCCCCC(C)C.[CH2-]CCCCCCCCCC(C)C.[O-]P([O-])(=S)[S-].[Zn+2].[Zn+2].[Zn+2]. The van der Waals surface area contributed by atoms with Crippen LogP contribution in [0.2, 0.25) is 0 Å². The first kappa shape index (κ1) is 64.7. The van der Waals surface area contributed by atoms with E-state index in [2.05, 4.69) is 86.4 Å². The van der Waals surface area contributed by atoms with Crippen LogP contribution >= 0.6 is 5.69 Å². The van der Waals surface area contributed by atoms with Crippen molar-refractivity contribution in [1.82, 2.24) is 0 Å². The zero-order valence-electron chi connectivity index (χ0n) is 33.1. The van der Waals surface area contributed by atoms with Crippen molar-refractivity contribution in [2.45, 2.75) is 215 Å². The molecule has 0 saturated heterocycles. The molecule has 0 unspecified atom stereocenters. The van der Waals surface area contributed by atoms with E-state index < -0.39 is 5.69 Å². The van der Waals surface area contributed by atoms with E-state index in [1.165, 1.54) is 154 Å². The van der Waals surface area contributed by atoms with Crippen molar-refractivity contribution in [3.8, 4) is 0 Å². The Morgan fingerprint density at radius 3 is 0.660 bits per heavy atom. The molecule has 0 spiro atoms. The van der Waals surface area contributed by atoms with Crippen LogP contribution < -0.4 is 9.79 Å². The molecule has 47 heavy (non-hydrogen) atoms. The van der Waals surface area contributed by atoms with Crippen LogP contribution in [0, 0.1) is 38.5 Å². The van der Waals surface area contributed by atoms with Gasteiger partial charge in [-0.15, -0.1) is 0 Å². The topological polar surface area (TPSA) is 46.1 Å². The molecule has 0 rings (SSSR count). The van der Waals surface area contributed by atoms with Gasteiger partial charge in [0.15, 0.2) is 0 Å². The largest absolute Gasteiger partial charge is 2.00 e. The van der Waals surface area contributed by atoms with Gasteiger partial charge in [-0.05, 0) is 17.8 Å². The van der Waals surface area contributed by atoms with Crippen molar-refractivity contribution in [1.29, 1.82) is 0 Å². The zero-order chi connectivity index (χ0) is 34.3. The second-order valence-electron chi connectivity index (χ2n) is 14.0. The summed E-state index contributed by atoms with van der Waals surface area (Å²) in [7, 11) is 0. The molecule has 8 heteroatoms. The third kappa shape index (κ3) is 99.3. The third-order valence-electron chi connectivity index (χ3n) is 7.59. The summed E-state index contributed by atoms with van der Waals surface area (Å²) in [6.07, 6.45) is 37.4. The van der Waals surface area contributed by atoms with Crippen molar-refractivity contribution in [3.05, 3.63) is 20.8 Å². The smallest absolute Gasteiger partial charge is 0.850 e. The third-order valence-corrected chi connectivity index (χ3v) is 7.59. The quantitative estimate of drug-likeness (QED) is 0.0271. The molecule has 0 N–H and O–H groups in total. The molecule has 0 aromatic rings. The summed E-state index contributed by atoms with van der Waals surface area (Å²) in [4.78, 5) is 18.6. The normalized spacial score (nSPS) is 10.4. The van der Waals surface area contributed by atoms with Crippen molar-refractivity contribution >= 4 is 29.7 Å². The zero-order valence-corrected chi connectivity index (χ0v) is 44.6. The van der Waals surface area contributed by atoms with E-state index in [-0.39, 0.29) is 58.4 Å². The van der Waals surface area contributed by atoms with Crippen LogP contribution in [-0.4, -0.2) is 0 Å². The van der Waals surface area contributed by atoms with Gasteiger partial charge in [-0.2, -0.15) is 31.1 Å². The van der Waals surface area contributed by atoms with Crippen LogP contribution in [0.15, 0.2) is 0 Å². The molecule has 0 saturated carbocycles. The predicted octanol–water partition coefficient (Wildman–Crippen LogP) is 13.4. The molecule has 0 bridgehead atoms. The van der Waals surface area contributed by atoms with E-state index >= 15 is 0 Å². The summed E-state index contributed by atoms with van der Waals surface area (Å²) in [5.74, 6) is 2.68. The Hall–Kier alpha value is 2.79. The predicted molar refractivity (Wildman–Crippen MR) is 207 cm³/mol. The Bertz CT molecular complexity index is 471. The molecule has 272 valence electrons. The number of hydrogen-bond donors (Lipinski definition) is 0. The van der Waals surface area contributed by atoms with Crippen molar-refractivity contribution in [2.24, 2.45) is 17.8 Å². The minimum atomic E-state index is -3.72. The summed E-state index contributed by atoms with van der Waals surface area (Å²) in [5.41, 5.74) is -3.72. The molecular formula is C39H81O2PS2Zn3. The van der Waals surface area contributed by atoms with Gasteiger partial charge in [-0.1, -0.05) is 196 Å². The summed E-state index contributed by atoms with van der Waals surface area (Å²) in [6, 6.07) is 0. The average Bonchev–Trinajstić information content (AvgIpc) is 2.92. The summed E-state index contributed by atoms with van der Waals surface area (Å²) in [5, 5.41) is 0. The molecule has 0 heterocycles. The first-order chi connectivity index (χ1) is 20.8. The summed E-state index contributed by atoms with van der Waals surface area (Å²) >= 11 is 7.28. The molecule has 0 aromatic carbocycles. The van der Waals surface area contributed by atoms with Gasteiger partial charge in [-0.3, -0.25) is 0 Å². The van der Waals surface area contributed by atoms with Crippen molar-refractivity contribution < 1.29 is 68.2 Å². The van der Waals surface area contributed by atoms with Crippen molar-refractivity contribution in [3.63, 3.8) is 0 Å². The van der Waals surface area contributed by atoms with Gasteiger partial charge < -0.3 is 48.5 Å². The maximum atomic E-state index is 9.29. The van der Waals surface area contributed by atoms with E-state index in [4.69, 9.17) is 0 Å². The van der Waals surface area contributed by atoms with Crippen LogP contribution in [0.25, 0.3) is 0 Å². The van der Waals surface area contributed by atoms with E-state index in [9.17, 15) is 9.79 Å². The van der Waals surface area contributed by atoms with Gasteiger partial charge in [0, 0.05) is 0 Å². The Labute approximate surface area is 348 Å². The maximum absolute atomic E-state index is 9.29. The Morgan fingerprint density at radius 1 is 0.404 bits per heavy atom. The molecule has 0 aliphatic rings. The second-order valence-corrected chi connectivity index (χ2v) is 18.5. The average molecular weight is 873 g/mol. The molecule has 0 aliphatic carbocycles. The van der Waals surface area contributed by atoms with Crippen LogP contribution in [0.3, 0.4) is 0 Å². The van der Waals surface area contributed by atoms with Gasteiger partial charge >= 0.3 is 58.4 Å². The number of hydrogen-bond acceptors (Lipinski definition) is 4. The number of rotatable bonds is 27. The first-order valence-electron chi connectivity index (χ1n) is 18.9. The molecule has 0 amide bonds. The monoisotopic (exact) mass is 868 g/mol. The fourth-order valence-electron chi connectivity index (χ4n) is 4.84. The van der Waals surface area contributed by atoms with Gasteiger partial charge in [0.1, 0.15) is 0 Å². The molecule has 0 atom stereocenters. The Morgan fingerprint density at radius 2 is 0.532 bits per heavy atom. The minimum Gasteiger partial charge on any atom is -0.850 e. The fraction of sp³-hybridized carbons (Fsp3) is 0.923. The molecule has 0 aliphatic heterocycles. The van der Waals surface area contributed by atoms with E-state index in [1.54, 1.807) is 0 Å². The minimum absolute atomic E-state index is 0. The number of unbranched alkanes of at least 4 members (excludes halogenated alkanes) is 21. The van der Waals surface area contributed by atoms with Crippen LogP contribution in [0.1, 0.15) is 215 Å². The molecular weight excluding hydrogens is 792 g/mol. The second kappa shape index (κ2) is 55.5. The van der Waals surface area contributed by atoms with E-state index in [0.717, 1.165) is 37.0 Å². The van der Waals surface area contributed by atoms with E-state index in [0.29, 0.717) is 0 Å². The Kier molecular flexibility index (Phi) is 76.5. The summed E-state index contributed by atoms with van der Waals surface area (Å²) < 4.78 is 0. The van der Waals surface area contributed by atoms with E-state index in [1.807, 2.05) is 0 Å². The molecule has 2 nitrogen and oxygen atoms in total.